The number of aromatic nitrogens is 3. The van der Waals surface area contributed by atoms with Crippen molar-refractivity contribution >= 4 is 14.0 Å². The quantitative estimate of drug-likeness (QED) is 0.424. The van der Waals surface area contributed by atoms with Gasteiger partial charge in [0, 0.05) is 19.9 Å². The second-order valence-corrected chi connectivity index (χ2v) is 10.1. The highest BCUT2D eigenvalue weighted by molar-refractivity contribution is 6.76. The van der Waals surface area contributed by atoms with Gasteiger partial charge in [0.15, 0.2) is 0 Å². The van der Waals surface area contributed by atoms with Gasteiger partial charge >= 0.3 is 5.95 Å². The van der Waals surface area contributed by atoms with Crippen molar-refractivity contribution in [3.63, 3.8) is 0 Å². The summed E-state index contributed by atoms with van der Waals surface area (Å²) in [5, 5.41) is 6.39. The minimum Gasteiger partial charge on any atom is -0.359 e. The fraction of sp³-hybridized carbons (Fsp3) is 0.750. The summed E-state index contributed by atoms with van der Waals surface area (Å²) in [6.45, 7) is 7.92. The number of rotatable bonds is 6. The van der Waals surface area contributed by atoms with Crippen molar-refractivity contribution in [2.45, 2.75) is 32.4 Å². The Hall–Kier alpha value is -1.08. The van der Waals surface area contributed by atoms with Crippen molar-refractivity contribution in [1.82, 2.24) is 14.8 Å². The van der Waals surface area contributed by atoms with E-state index < -0.39 is 8.07 Å². The zero-order valence-corrected chi connectivity index (χ0v) is 10.3. The van der Waals surface area contributed by atoms with E-state index in [0.29, 0.717) is 6.73 Å². The average Bonchev–Trinajstić information content (AvgIpc) is 2.59. The molecule has 0 fully saturated rings. The highest BCUT2D eigenvalue weighted by Gasteiger charge is 2.12. The van der Waals surface area contributed by atoms with E-state index in [-0.39, 0.29) is 5.95 Å². The molecule has 1 aromatic rings. The summed E-state index contributed by atoms with van der Waals surface area (Å²) in [6, 6.07) is 1.11. The summed E-state index contributed by atoms with van der Waals surface area (Å²) in [5.74, 6) is -0.0520. The Morgan fingerprint density at radius 1 is 1.53 bits per heavy atom. The number of ether oxygens (including phenoxy) is 1. The molecule has 0 aromatic carbocycles. The van der Waals surface area contributed by atoms with Crippen LogP contribution in [0.1, 0.15) is 0 Å². The Morgan fingerprint density at radius 2 is 2.27 bits per heavy atom. The highest BCUT2D eigenvalue weighted by Crippen LogP contribution is 2.08. The van der Waals surface area contributed by atoms with Gasteiger partial charge in [0.05, 0.1) is 0 Å². The third-order valence-corrected chi connectivity index (χ3v) is 3.53. The van der Waals surface area contributed by atoms with Crippen LogP contribution >= 0.6 is 0 Å². The van der Waals surface area contributed by atoms with E-state index in [9.17, 15) is 4.91 Å². The van der Waals surface area contributed by atoms with Crippen LogP contribution in [-0.2, 0) is 11.5 Å². The minimum absolute atomic E-state index is 0.0520. The zero-order valence-electron chi connectivity index (χ0n) is 9.30. The van der Waals surface area contributed by atoms with E-state index in [1.54, 1.807) is 0 Å². The molecule has 15 heavy (non-hydrogen) atoms. The van der Waals surface area contributed by atoms with Gasteiger partial charge in [-0.3, -0.25) is 0 Å². The van der Waals surface area contributed by atoms with Gasteiger partial charge in [-0.25, -0.2) is 4.68 Å². The summed E-state index contributed by atoms with van der Waals surface area (Å²) in [7, 11) is -1.04. The van der Waals surface area contributed by atoms with E-state index in [0.717, 1.165) is 12.7 Å². The van der Waals surface area contributed by atoms with Crippen LogP contribution in [0.3, 0.4) is 0 Å². The maximum absolute atomic E-state index is 10.1. The van der Waals surface area contributed by atoms with Crippen LogP contribution in [-0.4, -0.2) is 29.4 Å². The smallest absolute Gasteiger partial charge is 0.309 e. The molecule has 0 saturated heterocycles. The van der Waals surface area contributed by atoms with Crippen molar-refractivity contribution < 1.29 is 4.74 Å². The molecule has 0 atom stereocenters. The average molecular weight is 228 g/mol. The van der Waals surface area contributed by atoms with Crippen LogP contribution in [0.15, 0.2) is 11.5 Å². The summed E-state index contributed by atoms with van der Waals surface area (Å²) < 4.78 is 6.86. The molecule has 0 radical (unpaired) electrons. The molecule has 0 spiro atoms. The molecule has 0 unspecified atom stereocenters. The molecule has 0 amide bonds. The summed E-state index contributed by atoms with van der Waals surface area (Å²) in [4.78, 5) is 13.7. The highest BCUT2D eigenvalue weighted by atomic mass is 28.3. The predicted molar refractivity (Wildman–Crippen MR) is 59.6 cm³/mol. The SMILES string of the molecule is C[Si](C)(C)CCOCn1cnc(N=O)n1. The van der Waals surface area contributed by atoms with Gasteiger partial charge in [-0.15, -0.1) is 10.0 Å². The second kappa shape index (κ2) is 5.13. The van der Waals surface area contributed by atoms with E-state index in [1.165, 1.54) is 11.0 Å². The second-order valence-electron chi connectivity index (χ2n) is 4.52. The number of hydrogen-bond acceptors (Lipinski definition) is 5. The molecule has 1 rings (SSSR count). The van der Waals surface area contributed by atoms with E-state index in [4.69, 9.17) is 4.74 Å². The lowest BCUT2D eigenvalue weighted by atomic mass is 10.8. The molecular weight excluding hydrogens is 212 g/mol. The fourth-order valence-electron chi connectivity index (χ4n) is 0.925. The Kier molecular flexibility index (Phi) is 4.10. The van der Waals surface area contributed by atoms with Gasteiger partial charge in [0.25, 0.3) is 0 Å². The molecule has 0 N–H and O–H groups in total. The fourth-order valence-corrected chi connectivity index (χ4v) is 1.68. The van der Waals surface area contributed by atoms with Crippen molar-refractivity contribution in [2.24, 2.45) is 5.18 Å². The van der Waals surface area contributed by atoms with Crippen molar-refractivity contribution in [3.8, 4) is 0 Å². The van der Waals surface area contributed by atoms with Crippen LogP contribution in [0.5, 0.6) is 0 Å². The molecule has 0 saturated carbocycles. The van der Waals surface area contributed by atoms with Crippen molar-refractivity contribution in [3.05, 3.63) is 11.2 Å². The molecule has 1 heterocycles. The Bertz CT molecular complexity index is 321. The summed E-state index contributed by atoms with van der Waals surface area (Å²) in [6.07, 6.45) is 1.44. The molecule has 7 heteroatoms. The van der Waals surface area contributed by atoms with Crippen LogP contribution in [0, 0.1) is 4.91 Å². The third-order valence-electron chi connectivity index (χ3n) is 1.83. The Morgan fingerprint density at radius 3 is 2.80 bits per heavy atom. The Balaban J connectivity index is 2.23. The largest absolute Gasteiger partial charge is 0.359 e. The number of hydrogen-bond donors (Lipinski definition) is 0. The lowest BCUT2D eigenvalue weighted by Crippen LogP contribution is -2.22. The van der Waals surface area contributed by atoms with Crippen LogP contribution in [0.2, 0.25) is 25.7 Å². The Labute approximate surface area is 89.6 Å². The van der Waals surface area contributed by atoms with Crippen LogP contribution in [0.4, 0.5) is 5.95 Å². The molecule has 84 valence electrons. The molecule has 0 aliphatic heterocycles. The van der Waals surface area contributed by atoms with Gasteiger partial charge < -0.3 is 4.74 Å². The zero-order chi connectivity index (χ0) is 11.3. The first-order chi connectivity index (χ1) is 7.01. The van der Waals surface area contributed by atoms with Crippen molar-refractivity contribution in [1.29, 1.82) is 0 Å². The van der Waals surface area contributed by atoms with Gasteiger partial charge in [0.1, 0.15) is 13.1 Å². The first-order valence-corrected chi connectivity index (χ1v) is 8.52. The van der Waals surface area contributed by atoms with Crippen molar-refractivity contribution in [2.75, 3.05) is 6.61 Å². The number of nitrogens with zero attached hydrogens (tertiary/aromatic N) is 4. The topological polar surface area (TPSA) is 69.4 Å². The first kappa shape index (κ1) is 12.0. The monoisotopic (exact) mass is 228 g/mol. The molecular formula is C8H16N4O2Si. The molecule has 1 aromatic heterocycles. The third kappa shape index (κ3) is 4.80. The van der Waals surface area contributed by atoms with Gasteiger partial charge in [0.2, 0.25) is 0 Å². The molecule has 0 aliphatic rings. The predicted octanol–water partition coefficient (Wildman–Crippen LogP) is 1.99. The molecule has 0 aliphatic carbocycles. The minimum atomic E-state index is -1.04. The normalized spacial score (nSPS) is 11.7. The van der Waals surface area contributed by atoms with Crippen LogP contribution in [0.25, 0.3) is 0 Å². The van der Waals surface area contributed by atoms with Gasteiger partial charge in [-0.1, -0.05) is 19.6 Å². The van der Waals surface area contributed by atoms with E-state index >= 15 is 0 Å². The maximum Gasteiger partial charge on any atom is 0.309 e. The first-order valence-electron chi connectivity index (χ1n) is 4.82. The molecule has 0 bridgehead atoms. The standard InChI is InChI=1S/C8H16N4O2Si/c1-15(2,3)5-4-14-7-12-6-9-8(10-12)11-13/h6H,4-5,7H2,1-3H3. The van der Waals surface area contributed by atoms with E-state index in [1.807, 2.05) is 0 Å². The summed E-state index contributed by atoms with van der Waals surface area (Å²) in [5.41, 5.74) is 0. The van der Waals surface area contributed by atoms with Crippen LogP contribution < -0.4 is 0 Å². The van der Waals surface area contributed by atoms with Gasteiger partial charge in [-0.2, -0.15) is 4.98 Å². The van der Waals surface area contributed by atoms with Gasteiger partial charge in [-0.05, 0) is 6.04 Å². The molecule has 6 nitrogen and oxygen atoms in total. The number of nitroso groups, excluding NO2 is 1. The lowest BCUT2D eigenvalue weighted by molar-refractivity contribution is 0.0785. The van der Waals surface area contributed by atoms with E-state index in [2.05, 4.69) is 34.9 Å². The maximum atomic E-state index is 10.1. The summed E-state index contributed by atoms with van der Waals surface area (Å²) >= 11 is 0. The lowest BCUT2D eigenvalue weighted by Gasteiger charge is -2.15.